The van der Waals surface area contributed by atoms with E-state index in [1.54, 1.807) is 6.92 Å². The molecule has 0 aromatic carbocycles. The number of pyridine rings is 1. The molecular formula is C14H20N4O3. The average Bonchev–Trinajstić information content (AvgIpc) is 2.76. The number of nitrogens with one attached hydrogen (secondary N) is 3. The van der Waals surface area contributed by atoms with Crippen LogP contribution in [-0.4, -0.2) is 28.0 Å². The zero-order valence-electron chi connectivity index (χ0n) is 12.9. The predicted octanol–water partition coefficient (Wildman–Crippen LogP) is 1.23. The lowest BCUT2D eigenvalue weighted by atomic mass is 9.95. The molecule has 7 nitrogen and oxygen atoms in total. The molecule has 0 saturated carbocycles. The monoisotopic (exact) mass is 292 g/mol. The second-order valence-corrected chi connectivity index (χ2v) is 5.94. The summed E-state index contributed by atoms with van der Waals surface area (Å²) >= 11 is 0. The van der Waals surface area contributed by atoms with Gasteiger partial charge in [0.2, 0.25) is 17.2 Å². The second-order valence-electron chi connectivity index (χ2n) is 5.94. The molecule has 3 N–H and O–H groups in total. The van der Waals surface area contributed by atoms with Crippen LogP contribution in [0.4, 0.5) is 0 Å². The van der Waals surface area contributed by atoms with E-state index in [4.69, 9.17) is 4.74 Å². The van der Waals surface area contributed by atoms with Crippen molar-refractivity contribution in [2.75, 3.05) is 7.11 Å². The molecule has 0 spiro atoms. The van der Waals surface area contributed by atoms with E-state index >= 15 is 0 Å². The Kier molecular flexibility index (Phi) is 3.76. The first-order valence-electron chi connectivity index (χ1n) is 6.67. The Bertz CT molecular complexity index is 737. The number of carbonyl (C=O) groups excluding carboxylic acids is 1. The normalized spacial score (nSPS) is 11.7. The van der Waals surface area contributed by atoms with Gasteiger partial charge in [0.05, 0.1) is 19.2 Å². The van der Waals surface area contributed by atoms with Crippen LogP contribution in [0.1, 0.15) is 32.2 Å². The molecule has 0 saturated heterocycles. The highest BCUT2D eigenvalue weighted by Gasteiger charge is 2.22. The number of aryl methyl sites for hydroxylation is 1. The van der Waals surface area contributed by atoms with Gasteiger partial charge in [0.1, 0.15) is 11.3 Å². The standard InChI is InChI=1S/C14H20N4O3/c1-7-16-9-10(19)8(6-15-13(20)14(2,3)4)12(21-5)18-11(9)17-7/h6H2,1-5H3,(H,15,20)(H2,16,17,18,19). The molecule has 2 rings (SSSR count). The Morgan fingerprint density at radius 2 is 2.00 bits per heavy atom. The van der Waals surface area contributed by atoms with Crippen LogP contribution in [0.2, 0.25) is 0 Å². The number of aromatic amines is 2. The van der Waals surface area contributed by atoms with Gasteiger partial charge in [-0.05, 0) is 6.92 Å². The van der Waals surface area contributed by atoms with Crippen molar-refractivity contribution in [3.8, 4) is 5.88 Å². The number of H-pyrrole nitrogens is 2. The van der Waals surface area contributed by atoms with Gasteiger partial charge >= 0.3 is 0 Å². The molecular weight excluding hydrogens is 272 g/mol. The molecule has 0 radical (unpaired) electrons. The third kappa shape index (κ3) is 2.91. The number of fused-ring (bicyclic) bond motifs is 1. The van der Waals surface area contributed by atoms with Gasteiger partial charge in [-0.1, -0.05) is 20.8 Å². The number of amides is 1. The summed E-state index contributed by atoms with van der Waals surface area (Å²) in [5.41, 5.74) is 0.449. The number of carbonyl (C=O) groups is 1. The minimum absolute atomic E-state index is 0.0998. The lowest BCUT2D eigenvalue weighted by molar-refractivity contribution is -0.128. The molecule has 0 aliphatic heterocycles. The van der Waals surface area contributed by atoms with Gasteiger partial charge in [0.15, 0.2) is 5.65 Å². The second kappa shape index (κ2) is 5.23. The van der Waals surface area contributed by atoms with Crippen molar-refractivity contribution in [3.63, 3.8) is 0 Å². The van der Waals surface area contributed by atoms with Gasteiger partial charge in [0, 0.05) is 5.41 Å². The molecule has 0 fully saturated rings. The number of hydrogen-bond donors (Lipinski definition) is 3. The first-order valence-corrected chi connectivity index (χ1v) is 6.67. The molecule has 0 unspecified atom stereocenters. The predicted molar refractivity (Wildman–Crippen MR) is 79.3 cm³/mol. The number of imidazole rings is 1. The Morgan fingerprint density at radius 3 is 2.57 bits per heavy atom. The Labute approximate surface area is 122 Å². The highest BCUT2D eigenvalue weighted by molar-refractivity contribution is 5.81. The van der Waals surface area contributed by atoms with Crippen LogP contribution in [0.25, 0.3) is 11.2 Å². The van der Waals surface area contributed by atoms with Gasteiger partial charge < -0.3 is 20.0 Å². The Hall–Kier alpha value is -2.31. The molecule has 0 bridgehead atoms. The zero-order chi connectivity index (χ0) is 15.8. The lowest BCUT2D eigenvalue weighted by Gasteiger charge is -2.18. The number of aromatic nitrogens is 3. The van der Waals surface area contributed by atoms with E-state index in [0.29, 0.717) is 28.4 Å². The number of nitrogens with zero attached hydrogens (tertiary/aromatic N) is 1. The lowest BCUT2D eigenvalue weighted by Crippen LogP contribution is -2.35. The SMILES string of the molecule is COc1[nH]c2nc(C)[nH]c2c(=O)c1CNC(=O)C(C)(C)C. The topological polar surface area (TPSA) is 99.9 Å². The van der Waals surface area contributed by atoms with E-state index in [9.17, 15) is 9.59 Å². The molecule has 2 aromatic heterocycles. The highest BCUT2D eigenvalue weighted by atomic mass is 16.5. The zero-order valence-corrected chi connectivity index (χ0v) is 12.9. The fourth-order valence-electron chi connectivity index (χ4n) is 1.95. The first-order chi connectivity index (χ1) is 9.74. The van der Waals surface area contributed by atoms with Crippen molar-refractivity contribution in [1.29, 1.82) is 0 Å². The maximum atomic E-state index is 12.5. The van der Waals surface area contributed by atoms with Gasteiger partial charge in [-0.25, -0.2) is 4.98 Å². The number of hydrogen-bond acceptors (Lipinski definition) is 4. The van der Waals surface area contributed by atoms with Crippen LogP contribution in [-0.2, 0) is 11.3 Å². The van der Waals surface area contributed by atoms with Crippen LogP contribution >= 0.6 is 0 Å². The van der Waals surface area contributed by atoms with E-state index in [2.05, 4.69) is 20.3 Å². The summed E-state index contributed by atoms with van der Waals surface area (Å²) in [5, 5.41) is 2.75. The molecule has 0 aliphatic rings. The number of rotatable bonds is 3. The number of methoxy groups -OCH3 is 1. The maximum Gasteiger partial charge on any atom is 0.225 e. The summed E-state index contributed by atoms with van der Waals surface area (Å²) in [7, 11) is 1.46. The first kappa shape index (κ1) is 15.1. The fourth-order valence-corrected chi connectivity index (χ4v) is 1.95. The number of ether oxygens (including phenoxy) is 1. The molecule has 7 heteroatoms. The van der Waals surface area contributed by atoms with Crippen molar-refractivity contribution in [2.45, 2.75) is 34.2 Å². The summed E-state index contributed by atoms with van der Waals surface area (Å²) in [4.78, 5) is 34.4. The maximum absolute atomic E-state index is 12.5. The molecule has 0 atom stereocenters. The van der Waals surface area contributed by atoms with Crippen LogP contribution in [0.3, 0.4) is 0 Å². The van der Waals surface area contributed by atoms with E-state index in [1.165, 1.54) is 7.11 Å². The summed E-state index contributed by atoms with van der Waals surface area (Å²) in [6.45, 7) is 7.30. The van der Waals surface area contributed by atoms with Gasteiger partial charge in [-0.3, -0.25) is 9.59 Å². The minimum atomic E-state index is -0.519. The van der Waals surface area contributed by atoms with Crippen LogP contribution in [0, 0.1) is 12.3 Å². The molecule has 0 aliphatic carbocycles. The molecule has 21 heavy (non-hydrogen) atoms. The van der Waals surface area contributed by atoms with E-state index in [0.717, 1.165) is 0 Å². The summed E-state index contributed by atoms with van der Waals surface area (Å²) < 4.78 is 5.20. The van der Waals surface area contributed by atoms with Crippen molar-refractivity contribution in [2.24, 2.45) is 5.41 Å². The Morgan fingerprint density at radius 1 is 1.33 bits per heavy atom. The average molecular weight is 292 g/mol. The van der Waals surface area contributed by atoms with E-state index in [1.807, 2.05) is 20.8 Å². The summed E-state index contributed by atoms with van der Waals surface area (Å²) in [6.07, 6.45) is 0. The molecule has 114 valence electrons. The summed E-state index contributed by atoms with van der Waals surface area (Å²) in [6, 6.07) is 0. The van der Waals surface area contributed by atoms with Crippen molar-refractivity contribution >= 4 is 17.1 Å². The molecule has 2 heterocycles. The smallest absolute Gasteiger partial charge is 0.225 e. The third-order valence-electron chi connectivity index (χ3n) is 3.14. The highest BCUT2D eigenvalue weighted by Crippen LogP contribution is 2.17. The van der Waals surface area contributed by atoms with Crippen molar-refractivity contribution in [1.82, 2.24) is 20.3 Å². The van der Waals surface area contributed by atoms with Gasteiger partial charge in [0.25, 0.3) is 0 Å². The molecule has 1 amide bonds. The van der Waals surface area contributed by atoms with E-state index < -0.39 is 5.41 Å². The quantitative estimate of drug-likeness (QED) is 0.792. The fraction of sp³-hybridized carbons (Fsp3) is 0.500. The van der Waals surface area contributed by atoms with Crippen LogP contribution < -0.4 is 15.5 Å². The van der Waals surface area contributed by atoms with Gasteiger partial charge in [-0.2, -0.15) is 0 Å². The third-order valence-corrected chi connectivity index (χ3v) is 3.14. The van der Waals surface area contributed by atoms with Crippen molar-refractivity contribution < 1.29 is 9.53 Å². The van der Waals surface area contributed by atoms with E-state index in [-0.39, 0.29) is 17.9 Å². The van der Waals surface area contributed by atoms with Crippen molar-refractivity contribution in [3.05, 3.63) is 21.6 Å². The van der Waals surface area contributed by atoms with Crippen LogP contribution in [0.15, 0.2) is 4.79 Å². The Balaban J connectivity index is 2.41. The largest absolute Gasteiger partial charge is 0.482 e. The minimum Gasteiger partial charge on any atom is -0.482 e. The summed E-state index contributed by atoms with van der Waals surface area (Å²) in [5.74, 6) is 0.814. The molecule has 2 aromatic rings. The van der Waals surface area contributed by atoms with Crippen LogP contribution in [0.5, 0.6) is 5.88 Å². The van der Waals surface area contributed by atoms with Gasteiger partial charge in [-0.15, -0.1) is 0 Å².